The van der Waals surface area contributed by atoms with Crippen LogP contribution in [0.2, 0.25) is 0 Å². The van der Waals surface area contributed by atoms with Crippen molar-refractivity contribution in [2.75, 3.05) is 13.2 Å². The second-order valence-electron chi connectivity index (χ2n) is 15.6. The molecule has 0 saturated heterocycles. The van der Waals surface area contributed by atoms with Gasteiger partial charge in [-0.1, -0.05) is 163 Å². The number of rotatable bonds is 42. The second-order valence-corrected chi connectivity index (χ2v) is 15.6. The number of carbonyl (C=O) groups excluding carboxylic acids is 3. The molecule has 0 saturated carbocycles. The Kier molecular flexibility index (Phi) is 45.1. The van der Waals surface area contributed by atoms with Gasteiger partial charge in [0.05, 0.1) is 0 Å². The van der Waals surface area contributed by atoms with Crippen LogP contribution in [0.25, 0.3) is 0 Å². The summed E-state index contributed by atoms with van der Waals surface area (Å²) in [4.78, 5) is 37.8. The molecule has 0 aromatic carbocycles. The lowest BCUT2D eigenvalue weighted by molar-refractivity contribution is -0.167. The fourth-order valence-electron chi connectivity index (χ4n) is 6.14. The molecule has 0 radical (unpaired) electrons. The maximum atomic E-state index is 12.7. The van der Waals surface area contributed by atoms with Gasteiger partial charge < -0.3 is 14.2 Å². The fraction of sp³-hybridized carbons (Fsp3) is 0.648. The maximum Gasteiger partial charge on any atom is 0.306 e. The van der Waals surface area contributed by atoms with E-state index < -0.39 is 6.10 Å². The van der Waals surface area contributed by atoms with Crippen molar-refractivity contribution in [2.45, 2.75) is 213 Å². The van der Waals surface area contributed by atoms with Crippen molar-refractivity contribution in [1.82, 2.24) is 0 Å². The molecule has 0 N–H and O–H groups in total. The fourth-order valence-corrected chi connectivity index (χ4v) is 6.14. The number of carbonyl (C=O) groups is 3. The summed E-state index contributed by atoms with van der Waals surface area (Å²) in [7, 11) is 0. The number of ether oxygens (including phenoxy) is 3. The van der Waals surface area contributed by atoms with Gasteiger partial charge in [0.1, 0.15) is 13.2 Å². The first-order chi connectivity index (χ1) is 29.5. The number of allylic oxidation sites excluding steroid dienone is 16. The molecule has 0 rings (SSSR count). The number of unbranched alkanes of at least 4 members (excludes halogenated alkanes) is 15. The zero-order valence-electron chi connectivity index (χ0n) is 38.7. The predicted octanol–water partition coefficient (Wildman–Crippen LogP) is 15.8. The molecule has 0 aliphatic heterocycles. The van der Waals surface area contributed by atoms with Gasteiger partial charge in [-0.3, -0.25) is 14.4 Å². The summed E-state index contributed by atoms with van der Waals surface area (Å²) in [6, 6.07) is 0. The van der Waals surface area contributed by atoms with Crippen LogP contribution in [0.15, 0.2) is 97.2 Å². The number of hydrogen-bond donors (Lipinski definition) is 0. The first-order valence-corrected chi connectivity index (χ1v) is 24.2. The largest absolute Gasteiger partial charge is 0.462 e. The van der Waals surface area contributed by atoms with Crippen LogP contribution < -0.4 is 0 Å². The lowest BCUT2D eigenvalue weighted by Gasteiger charge is -2.18. The molecule has 0 spiro atoms. The van der Waals surface area contributed by atoms with E-state index in [-0.39, 0.29) is 37.5 Å². The predicted molar refractivity (Wildman–Crippen MR) is 256 cm³/mol. The van der Waals surface area contributed by atoms with E-state index in [0.717, 1.165) is 96.3 Å². The summed E-state index contributed by atoms with van der Waals surface area (Å²) in [5, 5.41) is 0. The minimum atomic E-state index is -0.817. The molecule has 6 nitrogen and oxygen atoms in total. The molecule has 0 aliphatic rings. The summed E-state index contributed by atoms with van der Waals surface area (Å²) in [5.41, 5.74) is 0. The molecule has 0 aromatic heterocycles. The van der Waals surface area contributed by atoms with E-state index in [0.29, 0.717) is 25.7 Å². The van der Waals surface area contributed by atoms with Crippen molar-refractivity contribution in [3.05, 3.63) is 97.2 Å². The van der Waals surface area contributed by atoms with Crippen LogP contribution in [-0.2, 0) is 28.6 Å². The van der Waals surface area contributed by atoms with Crippen LogP contribution in [0.4, 0.5) is 0 Å². The minimum Gasteiger partial charge on any atom is -0.462 e. The molecule has 1 atom stereocenters. The standard InChI is InChI=1S/C54H88O6/c1-4-7-10-13-16-19-22-25-27-29-32-35-38-41-44-47-53(56)59-50-51(49-58-52(55)46-43-40-37-34-31-24-21-18-15-12-9-6-3)60-54(57)48-45-42-39-36-33-30-28-26-23-20-17-14-11-8-5-2/h7,10,16-21,25-28,32-33,35-36,51H,4-6,8-9,11-15,22-24,29-31,34,37-50H2,1-3H3/b10-7-,19-16-,20-17-,21-18-,27-25-,28-26-,35-32-,36-33-/t51-/m1/s1. The Morgan fingerprint density at radius 3 is 1.07 bits per heavy atom. The van der Waals surface area contributed by atoms with Gasteiger partial charge in [0, 0.05) is 19.3 Å². The van der Waals surface area contributed by atoms with Crippen molar-refractivity contribution in [2.24, 2.45) is 0 Å². The molecular weight excluding hydrogens is 745 g/mol. The van der Waals surface area contributed by atoms with Crippen molar-refractivity contribution < 1.29 is 28.6 Å². The van der Waals surface area contributed by atoms with Crippen molar-refractivity contribution in [3.8, 4) is 0 Å². The number of esters is 3. The first kappa shape index (κ1) is 56.3. The number of hydrogen-bond acceptors (Lipinski definition) is 6. The first-order valence-electron chi connectivity index (χ1n) is 24.2. The summed E-state index contributed by atoms with van der Waals surface area (Å²) in [5.74, 6) is -1.01. The average molecular weight is 833 g/mol. The smallest absolute Gasteiger partial charge is 0.306 e. The zero-order chi connectivity index (χ0) is 43.7. The molecule has 0 amide bonds. The summed E-state index contributed by atoms with van der Waals surface area (Å²) >= 11 is 0. The minimum absolute atomic E-state index is 0.112. The Labute approximate surface area is 368 Å². The van der Waals surface area contributed by atoms with E-state index >= 15 is 0 Å². The average Bonchev–Trinajstić information content (AvgIpc) is 3.24. The van der Waals surface area contributed by atoms with Crippen LogP contribution >= 0.6 is 0 Å². The molecule has 0 aromatic rings. The van der Waals surface area contributed by atoms with E-state index in [4.69, 9.17) is 14.2 Å². The quantitative estimate of drug-likeness (QED) is 0.0264. The SMILES string of the molecule is CC/C=C\C/C=C\C/C=C\C/C=C\CCCCC(=O)OC[C@@H](COC(=O)CCCCCCC/C=C\CCCCC)OC(=O)CCCC/C=C\C/C=C\C/C=C\CCCCC. The van der Waals surface area contributed by atoms with Crippen LogP contribution in [0.1, 0.15) is 207 Å². The van der Waals surface area contributed by atoms with Gasteiger partial charge in [0.2, 0.25) is 0 Å². The van der Waals surface area contributed by atoms with E-state index in [1.165, 1.54) is 57.8 Å². The summed E-state index contributed by atoms with van der Waals surface area (Å²) in [6.07, 6.45) is 62.5. The van der Waals surface area contributed by atoms with E-state index in [1.807, 2.05) is 0 Å². The highest BCUT2D eigenvalue weighted by molar-refractivity contribution is 5.71. The Hall–Kier alpha value is -3.67. The van der Waals surface area contributed by atoms with Gasteiger partial charge >= 0.3 is 17.9 Å². The highest BCUT2D eigenvalue weighted by atomic mass is 16.6. The second kappa shape index (κ2) is 48.0. The van der Waals surface area contributed by atoms with Crippen LogP contribution in [0.5, 0.6) is 0 Å². The molecule has 0 aliphatic carbocycles. The maximum absolute atomic E-state index is 12.7. The summed E-state index contributed by atoms with van der Waals surface area (Å²) < 4.78 is 16.7. The molecule has 0 fully saturated rings. The Bertz CT molecular complexity index is 1230. The molecule has 0 heterocycles. The molecular formula is C54H88O6. The third-order valence-corrected chi connectivity index (χ3v) is 9.79. The van der Waals surface area contributed by atoms with Gasteiger partial charge in [-0.15, -0.1) is 0 Å². The molecule has 340 valence electrons. The van der Waals surface area contributed by atoms with Gasteiger partial charge in [0.25, 0.3) is 0 Å². The van der Waals surface area contributed by atoms with Crippen molar-refractivity contribution in [3.63, 3.8) is 0 Å². The third-order valence-electron chi connectivity index (χ3n) is 9.79. The molecule has 60 heavy (non-hydrogen) atoms. The van der Waals surface area contributed by atoms with E-state index in [1.54, 1.807) is 0 Å². The van der Waals surface area contributed by atoms with Gasteiger partial charge in [0.15, 0.2) is 6.10 Å². The molecule has 0 bridgehead atoms. The van der Waals surface area contributed by atoms with Crippen molar-refractivity contribution >= 4 is 17.9 Å². The summed E-state index contributed by atoms with van der Waals surface area (Å²) in [6.45, 7) is 6.37. The third kappa shape index (κ3) is 45.4. The van der Waals surface area contributed by atoms with Gasteiger partial charge in [-0.05, 0) is 122 Å². The normalized spacial score (nSPS) is 12.9. The molecule has 0 unspecified atom stereocenters. The highest BCUT2D eigenvalue weighted by Gasteiger charge is 2.19. The van der Waals surface area contributed by atoms with Crippen LogP contribution in [0, 0.1) is 0 Å². The van der Waals surface area contributed by atoms with Gasteiger partial charge in [-0.25, -0.2) is 0 Å². The Morgan fingerprint density at radius 1 is 0.350 bits per heavy atom. The van der Waals surface area contributed by atoms with Crippen LogP contribution in [-0.4, -0.2) is 37.2 Å². The van der Waals surface area contributed by atoms with Crippen molar-refractivity contribution in [1.29, 1.82) is 0 Å². The Balaban J connectivity index is 4.55. The Morgan fingerprint density at radius 2 is 0.650 bits per heavy atom. The highest BCUT2D eigenvalue weighted by Crippen LogP contribution is 2.11. The van der Waals surface area contributed by atoms with E-state index in [2.05, 4.69) is 118 Å². The lowest BCUT2D eigenvalue weighted by Crippen LogP contribution is -2.30. The topological polar surface area (TPSA) is 78.9 Å². The zero-order valence-corrected chi connectivity index (χ0v) is 38.7. The van der Waals surface area contributed by atoms with Crippen LogP contribution in [0.3, 0.4) is 0 Å². The monoisotopic (exact) mass is 833 g/mol. The van der Waals surface area contributed by atoms with Gasteiger partial charge in [-0.2, -0.15) is 0 Å². The molecule has 6 heteroatoms. The van der Waals surface area contributed by atoms with E-state index in [9.17, 15) is 14.4 Å². The lowest BCUT2D eigenvalue weighted by atomic mass is 10.1.